The largest absolute Gasteiger partial charge is 0.457 e. The molecule has 0 aromatic carbocycles. The number of hydrogen-bond acceptors (Lipinski definition) is 5. The van der Waals surface area contributed by atoms with E-state index in [1.807, 2.05) is 13.0 Å². The topological polar surface area (TPSA) is 55.8 Å². The van der Waals surface area contributed by atoms with Gasteiger partial charge in [0.2, 0.25) is 0 Å². The summed E-state index contributed by atoms with van der Waals surface area (Å²) in [5.74, 6) is 0.0171. The lowest BCUT2D eigenvalue weighted by Crippen LogP contribution is -2.49. The standard InChI is InChI=1S/C21H29NO4/c1-12-9-22(10-13(2)25-12)11-16-15-5-7-21(4)8-6-17(23)14(3)18(21)19(15)26-20(16)24/h6,8,12-13,15-16,19H,5,7,9-11H2,1-4H3/t12-,13-,15+,16-,19+,21+/m1/s1. The van der Waals surface area contributed by atoms with Crippen LogP contribution < -0.4 is 0 Å². The van der Waals surface area contributed by atoms with Gasteiger partial charge in [-0.05, 0) is 45.3 Å². The Kier molecular flexibility index (Phi) is 4.35. The average molecular weight is 359 g/mol. The molecule has 6 atom stereocenters. The molecule has 0 N–H and O–H groups in total. The summed E-state index contributed by atoms with van der Waals surface area (Å²) in [4.78, 5) is 27.3. The van der Waals surface area contributed by atoms with E-state index in [-0.39, 0.29) is 47.3 Å². The second kappa shape index (κ2) is 6.31. The molecule has 0 bridgehead atoms. The van der Waals surface area contributed by atoms with E-state index in [0.717, 1.165) is 43.6 Å². The molecule has 26 heavy (non-hydrogen) atoms. The van der Waals surface area contributed by atoms with E-state index < -0.39 is 0 Å². The van der Waals surface area contributed by atoms with E-state index in [2.05, 4.69) is 25.7 Å². The van der Waals surface area contributed by atoms with Crippen LogP contribution in [0.25, 0.3) is 0 Å². The number of morpholine rings is 1. The smallest absolute Gasteiger partial charge is 0.311 e. The maximum absolute atomic E-state index is 12.7. The van der Waals surface area contributed by atoms with E-state index in [0.29, 0.717) is 0 Å². The summed E-state index contributed by atoms with van der Waals surface area (Å²) in [6.07, 6.45) is 5.76. The molecule has 0 aromatic heterocycles. The molecule has 0 amide bonds. The molecular weight excluding hydrogens is 330 g/mol. The fourth-order valence-corrected chi connectivity index (χ4v) is 5.49. The van der Waals surface area contributed by atoms with Crippen molar-refractivity contribution in [3.05, 3.63) is 23.3 Å². The lowest BCUT2D eigenvalue weighted by atomic mass is 9.61. The fraction of sp³-hybridized carbons (Fsp3) is 0.714. The van der Waals surface area contributed by atoms with Crippen molar-refractivity contribution in [2.75, 3.05) is 19.6 Å². The number of carbonyl (C=O) groups is 2. The molecule has 4 aliphatic rings. The monoisotopic (exact) mass is 359 g/mol. The molecule has 5 nitrogen and oxygen atoms in total. The summed E-state index contributed by atoms with van der Waals surface area (Å²) in [6, 6.07) is 0. The van der Waals surface area contributed by atoms with Gasteiger partial charge in [0, 0.05) is 36.5 Å². The van der Waals surface area contributed by atoms with Crippen LogP contribution in [0.15, 0.2) is 23.3 Å². The molecule has 5 heteroatoms. The predicted molar refractivity (Wildman–Crippen MR) is 97.5 cm³/mol. The number of fused-ring (bicyclic) bond motifs is 3. The van der Waals surface area contributed by atoms with Crippen molar-refractivity contribution in [3.8, 4) is 0 Å². The van der Waals surface area contributed by atoms with Crippen LogP contribution in [0.2, 0.25) is 0 Å². The summed E-state index contributed by atoms with van der Waals surface area (Å²) in [6.45, 7) is 10.6. The maximum atomic E-state index is 12.7. The number of rotatable bonds is 2. The number of nitrogens with zero attached hydrogens (tertiary/aromatic N) is 1. The molecule has 0 aromatic rings. The first-order valence-electron chi connectivity index (χ1n) is 9.81. The number of hydrogen-bond donors (Lipinski definition) is 0. The second-order valence-electron chi connectivity index (χ2n) is 8.80. The molecule has 2 saturated heterocycles. The van der Waals surface area contributed by atoms with Gasteiger partial charge in [0.05, 0.1) is 18.1 Å². The van der Waals surface area contributed by atoms with Crippen molar-refractivity contribution in [2.24, 2.45) is 17.3 Å². The van der Waals surface area contributed by atoms with Crippen LogP contribution in [0.3, 0.4) is 0 Å². The number of ketones is 1. The molecule has 1 saturated carbocycles. The zero-order chi connectivity index (χ0) is 18.6. The van der Waals surface area contributed by atoms with Gasteiger partial charge in [0.15, 0.2) is 5.78 Å². The van der Waals surface area contributed by atoms with Gasteiger partial charge in [-0.15, -0.1) is 0 Å². The minimum absolute atomic E-state index is 0.0495. The maximum Gasteiger partial charge on any atom is 0.311 e. The van der Waals surface area contributed by atoms with Crippen LogP contribution in [0.5, 0.6) is 0 Å². The van der Waals surface area contributed by atoms with Crippen LogP contribution in [-0.2, 0) is 19.1 Å². The Morgan fingerprint density at radius 1 is 1.23 bits per heavy atom. The summed E-state index contributed by atoms with van der Waals surface area (Å²) in [5, 5.41) is 0. The molecule has 4 rings (SSSR count). The third kappa shape index (κ3) is 2.85. The molecule has 0 radical (unpaired) electrons. The third-order valence-corrected chi connectivity index (χ3v) is 6.67. The highest BCUT2D eigenvalue weighted by molar-refractivity contribution is 6.05. The first-order valence-corrected chi connectivity index (χ1v) is 9.81. The first kappa shape index (κ1) is 17.9. The summed E-state index contributed by atoms with van der Waals surface area (Å²) < 4.78 is 11.7. The fourth-order valence-electron chi connectivity index (χ4n) is 5.49. The molecule has 0 unspecified atom stereocenters. The molecule has 0 spiro atoms. The van der Waals surface area contributed by atoms with Crippen molar-refractivity contribution < 1.29 is 19.1 Å². The minimum Gasteiger partial charge on any atom is -0.457 e. The van der Waals surface area contributed by atoms with Gasteiger partial charge in [0.1, 0.15) is 6.10 Å². The molecule has 2 aliphatic heterocycles. The SMILES string of the molecule is CC1=C2[C@H]3OC(=O)[C@H](CN4C[C@@H](C)O[C@H](C)C4)[C@@H]3CC[C@@]2(C)C=CC1=O. The van der Waals surface area contributed by atoms with Gasteiger partial charge < -0.3 is 9.47 Å². The molecular formula is C21H29NO4. The number of allylic oxidation sites excluding steroid dienone is 3. The summed E-state index contributed by atoms with van der Waals surface area (Å²) >= 11 is 0. The quantitative estimate of drug-likeness (QED) is 0.709. The molecule has 2 aliphatic carbocycles. The van der Waals surface area contributed by atoms with E-state index in [1.54, 1.807) is 6.08 Å². The van der Waals surface area contributed by atoms with Gasteiger partial charge in [-0.2, -0.15) is 0 Å². The molecule has 2 heterocycles. The number of esters is 1. The van der Waals surface area contributed by atoms with Crippen LogP contribution in [0, 0.1) is 17.3 Å². The highest BCUT2D eigenvalue weighted by Gasteiger charge is 2.54. The Labute approximate surface area is 155 Å². The Morgan fingerprint density at radius 3 is 2.62 bits per heavy atom. The highest BCUT2D eigenvalue weighted by Crippen LogP contribution is 2.53. The normalized spacial score (nSPS) is 43.3. The zero-order valence-electron chi connectivity index (χ0n) is 16.2. The Bertz CT molecular complexity index is 686. The predicted octanol–water partition coefficient (Wildman–Crippen LogP) is 2.51. The van der Waals surface area contributed by atoms with Gasteiger partial charge in [-0.25, -0.2) is 0 Å². The summed E-state index contributed by atoms with van der Waals surface area (Å²) in [7, 11) is 0. The Balaban J connectivity index is 1.57. The Hall–Kier alpha value is -1.46. The Morgan fingerprint density at radius 2 is 1.92 bits per heavy atom. The van der Waals surface area contributed by atoms with Gasteiger partial charge in [-0.3, -0.25) is 14.5 Å². The number of ether oxygens (including phenoxy) is 2. The van der Waals surface area contributed by atoms with Gasteiger partial charge in [0.25, 0.3) is 0 Å². The van der Waals surface area contributed by atoms with Crippen molar-refractivity contribution in [1.29, 1.82) is 0 Å². The van der Waals surface area contributed by atoms with Crippen LogP contribution in [-0.4, -0.2) is 54.6 Å². The second-order valence-corrected chi connectivity index (χ2v) is 8.80. The van der Waals surface area contributed by atoms with Crippen LogP contribution in [0.1, 0.15) is 40.5 Å². The summed E-state index contributed by atoms with van der Waals surface area (Å²) in [5.41, 5.74) is 1.66. The van der Waals surface area contributed by atoms with Gasteiger partial charge in [-0.1, -0.05) is 13.0 Å². The third-order valence-electron chi connectivity index (χ3n) is 6.67. The van der Waals surface area contributed by atoms with E-state index in [4.69, 9.17) is 9.47 Å². The van der Waals surface area contributed by atoms with Crippen LogP contribution in [0.4, 0.5) is 0 Å². The first-order chi connectivity index (χ1) is 12.3. The number of carbonyl (C=O) groups excluding carboxylic acids is 2. The molecule has 3 fully saturated rings. The van der Waals surface area contributed by atoms with E-state index in [1.165, 1.54) is 0 Å². The van der Waals surface area contributed by atoms with Crippen LogP contribution >= 0.6 is 0 Å². The lowest BCUT2D eigenvalue weighted by Gasteiger charge is -2.43. The van der Waals surface area contributed by atoms with E-state index in [9.17, 15) is 9.59 Å². The zero-order valence-corrected chi connectivity index (χ0v) is 16.2. The average Bonchev–Trinajstić information content (AvgIpc) is 2.86. The van der Waals surface area contributed by atoms with Gasteiger partial charge >= 0.3 is 5.97 Å². The van der Waals surface area contributed by atoms with Crippen molar-refractivity contribution in [3.63, 3.8) is 0 Å². The molecule has 142 valence electrons. The lowest BCUT2D eigenvalue weighted by molar-refractivity contribution is -0.145. The van der Waals surface area contributed by atoms with E-state index >= 15 is 0 Å². The van der Waals surface area contributed by atoms with Crippen molar-refractivity contribution in [1.82, 2.24) is 4.90 Å². The van der Waals surface area contributed by atoms with Crippen molar-refractivity contribution in [2.45, 2.75) is 58.8 Å². The van der Waals surface area contributed by atoms with Crippen molar-refractivity contribution >= 4 is 11.8 Å². The minimum atomic E-state index is -0.240. The highest BCUT2D eigenvalue weighted by atomic mass is 16.6.